The molecule has 0 aliphatic heterocycles. The fourth-order valence-corrected chi connectivity index (χ4v) is 4.63. The van der Waals surface area contributed by atoms with Crippen molar-refractivity contribution in [1.29, 1.82) is 0 Å². The first kappa shape index (κ1) is 19.0. The van der Waals surface area contributed by atoms with Crippen LogP contribution in [0.3, 0.4) is 0 Å². The molecule has 0 aliphatic carbocycles. The highest BCUT2D eigenvalue weighted by atomic mass is 32.2. The Hall–Kier alpha value is -1.31. The standard InChI is InChI=1S/C17H21N3OS3/c1-4-9-18-15(21)11-23-17-20-19-16(24-17)22-10-13-5-7-14(8-6-13)12(2)3/h4-8,12H,1,9-11H2,2-3H3,(H,18,21). The number of carbonyl (C=O) groups excluding carboxylic acids is 1. The van der Waals surface area contributed by atoms with Crippen molar-refractivity contribution in [2.24, 2.45) is 0 Å². The maximum absolute atomic E-state index is 11.5. The zero-order chi connectivity index (χ0) is 17.4. The van der Waals surface area contributed by atoms with E-state index in [0.29, 0.717) is 18.2 Å². The molecule has 1 N–H and O–H groups in total. The molecular weight excluding hydrogens is 358 g/mol. The molecule has 0 aliphatic rings. The second-order valence-corrected chi connectivity index (χ2v) is 8.82. The lowest BCUT2D eigenvalue weighted by atomic mass is 10.0. The van der Waals surface area contributed by atoms with E-state index < -0.39 is 0 Å². The molecule has 128 valence electrons. The van der Waals surface area contributed by atoms with Crippen LogP contribution in [0.25, 0.3) is 0 Å². The van der Waals surface area contributed by atoms with Gasteiger partial charge in [-0.2, -0.15) is 0 Å². The number of thioether (sulfide) groups is 2. The van der Waals surface area contributed by atoms with E-state index in [2.05, 4.69) is 60.2 Å². The van der Waals surface area contributed by atoms with Gasteiger partial charge >= 0.3 is 0 Å². The van der Waals surface area contributed by atoms with Crippen molar-refractivity contribution in [2.75, 3.05) is 12.3 Å². The maximum Gasteiger partial charge on any atom is 0.230 e. The van der Waals surface area contributed by atoms with Gasteiger partial charge in [-0.25, -0.2) is 0 Å². The van der Waals surface area contributed by atoms with Gasteiger partial charge in [-0.1, -0.05) is 79.0 Å². The second kappa shape index (κ2) is 9.86. The maximum atomic E-state index is 11.5. The van der Waals surface area contributed by atoms with E-state index in [1.807, 2.05) is 0 Å². The Labute approximate surface area is 155 Å². The van der Waals surface area contributed by atoms with Gasteiger partial charge < -0.3 is 5.32 Å². The van der Waals surface area contributed by atoms with Gasteiger partial charge in [0.2, 0.25) is 5.91 Å². The molecule has 0 fully saturated rings. The fraction of sp³-hybridized carbons (Fsp3) is 0.353. The van der Waals surface area contributed by atoms with Crippen LogP contribution in [-0.2, 0) is 10.5 Å². The summed E-state index contributed by atoms with van der Waals surface area (Å²) in [6.45, 7) is 8.45. The van der Waals surface area contributed by atoms with Gasteiger partial charge in [0.25, 0.3) is 0 Å². The number of aromatic nitrogens is 2. The van der Waals surface area contributed by atoms with Crippen molar-refractivity contribution in [2.45, 2.75) is 34.2 Å². The number of rotatable bonds is 9. The SMILES string of the molecule is C=CCNC(=O)CSc1nnc(SCc2ccc(C(C)C)cc2)s1. The van der Waals surface area contributed by atoms with E-state index in [4.69, 9.17) is 0 Å². The summed E-state index contributed by atoms with van der Waals surface area (Å²) in [6, 6.07) is 8.71. The van der Waals surface area contributed by atoms with Crippen molar-refractivity contribution >= 4 is 40.8 Å². The smallest absolute Gasteiger partial charge is 0.230 e. The van der Waals surface area contributed by atoms with Gasteiger partial charge in [0.1, 0.15) is 0 Å². The quantitative estimate of drug-likeness (QED) is 0.518. The minimum absolute atomic E-state index is 0.0189. The van der Waals surface area contributed by atoms with Crippen molar-refractivity contribution in [1.82, 2.24) is 15.5 Å². The van der Waals surface area contributed by atoms with Crippen LogP contribution in [0.15, 0.2) is 45.6 Å². The van der Waals surface area contributed by atoms with E-state index in [1.165, 1.54) is 34.2 Å². The molecule has 1 aromatic heterocycles. The summed E-state index contributed by atoms with van der Waals surface area (Å²) in [5, 5.41) is 11.1. The fourth-order valence-electron chi connectivity index (χ4n) is 1.82. The summed E-state index contributed by atoms with van der Waals surface area (Å²) in [6.07, 6.45) is 1.66. The molecule has 4 nitrogen and oxygen atoms in total. The first-order valence-electron chi connectivity index (χ1n) is 7.64. The van der Waals surface area contributed by atoms with Gasteiger partial charge in [0, 0.05) is 12.3 Å². The first-order valence-corrected chi connectivity index (χ1v) is 10.4. The van der Waals surface area contributed by atoms with Crippen LogP contribution in [0.5, 0.6) is 0 Å². The third-order valence-electron chi connectivity index (χ3n) is 3.17. The Kier molecular flexibility index (Phi) is 7.81. The predicted octanol–water partition coefficient (Wildman–Crippen LogP) is 4.35. The topological polar surface area (TPSA) is 54.9 Å². The zero-order valence-corrected chi connectivity index (χ0v) is 16.3. The number of carbonyl (C=O) groups is 1. The monoisotopic (exact) mass is 379 g/mol. The molecule has 0 radical (unpaired) electrons. The molecule has 24 heavy (non-hydrogen) atoms. The van der Waals surface area contributed by atoms with Gasteiger partial charge in [-0.05, 0) is 17.0 Å². The molecule has 1 amide bonds. The molecule has 0 atom stereocenters. The number of benzene rings is 1. The van der Waals surface area contributed by atoms with Gasteiger partial charge in [-0.15, -0.1) is 16.8 Å². The Bertz CT molecular complexity index is 668. The van der Waals surface area contributed by atoms with Crippen LogP contribution in [0, 0.1) is 0 Å². The average molecular weight is 380 g/mol. The highest BCUT2D eigenvalue weighted by Gasteiger charge is 2.08. The molecule has 1 aromatic carbocycles. The number of nitrogens with zero attached hydrogens (tertiary/aromatic N) is 2. The zero-order valence-electron chi connectivity index (χ0n) is 13.8. The summed E-state index contributed by atoms with van der Waals surface area (Å²) in [7, 11) is 0. The Morgan fingerprint density at radius 3 is 2.54 bits per heavy atom. The second-order valence-electron chi connectivity index (χ2n) is 5.40. The van der Waals surface area contributed by atoms with E-state index in [0.717, 1.165) is 14.4 Å². The molecule has 0 saturated heterocycles. The van der Waals surface area contributed by atoms with E-state index in [9.17, 15) is 4.79 Å². The van der Waals surface area contributed by atoms with Crippen molar-refractivity contribution in [3.8, 4) is 0 Å². The third kappa shape index (κ3) is 6.30. The highest BCUT2D eigenvalue weighted by Crippen LogP contribution is 2.30. The lowest BCUT2D eigenvalue weighted by Crippen LogP contribution is -2.24. The molecule has 7 heteroatoms. The summed E-state index contributed by atoms with van der Waals surface area (Å²) < 4.78 is 1.75. The van der Waals surface area contributed by atoms with Crippen molar-refractivity contribution < 1.29 is 4.79 Å². The van der Waals surface area contributed by atoms with Crippen LogP contribution in [-0.4, -0.2) is 28.4 Å². The van der Waals surface area contributed by atoms with Crippen LogP contribution in [0.4, 0.5) is 0 Å². The number of nitrogens with one attached hydrogen (secondary N) is 1. The summed E-state index contributed by atoms with van der Waals surface area (Å²) in [5.74, 6) is 1.76. The van der Waals surface area contributed by atoms with Gasteiger partial charge in [-0.3, -0.25) is 4.79 Å². The normalized spacial score (nSPS) is 10.8. The number of hydrogen-bond donors (Lipinski definition) is 1. The predicted molar refractivity (Wildman–Crippen MR) is 104 cm³/mol. The van der Waals surface area contributed by atoms with E-state index in [1.54, 1.807) is 17.8 Å². The first-order chi connectivity index (χ1) is 11.6. The van der Waals surface area contributed by atoms with E-state index in [-0.39, 0.29) is 5.91 Å². The molecule has 1 heterocycles. The summed E-state index contributed by atoms with van der Waals surface area (Å²) in [4.78, 5) is 11.5. The summed E-state index contributed by atoms with van der Waals surface area (Å²) in [5.41, 5.74) is 2.63. The minimum Gasteiger partial charge on any atom is -0.352 e. The van der Waals surface area contributed by atoms with Crippen molar-refractivity contribution in [3.63, 3.8) is 0 Å². The molecule has 0 saturated carbocycles. The Morgan fingerprint density at radius 1 is 1.25 bits per heavy atom. The number of amides is 1. The largest absolute Gasteiger partial charge is 0.352 e. The van der Waals surface area contributed by atoms with Crippen LogP contribution in [0.2, 0.25) is 0 Å². The average Bonchev–Trinajstić information content (AvgIpc) is 3.04. The van der Waals surface area contributed by atoms with E-state index >= 15 is 0 Å². The lowest BCUT2D eigenvalue weighted by molar-refractivity contribution is -0.118. The molecule has 2 rings (SSSR count). The Balaban J connectivity index is 1.78. The molecule has 0 spiro atoms. The molecular formula is C17H21N3OS3. The highest BCUT2D eigenvalue weighted by molar-refractivity contribution is 8.03. The third-order valence-corrected chi connectivity index (χ3v) is 6.43. The lowest BCUT2D eigenvalue weighted by Gasteiger charge is -2.05. The molecule has 0 unspecified atom stereocenters. The summed E-state index contributed by atoms with van der Waals surface area (Å²) >= 11 is 4.62. The van der Waals surface area contributed by atoms with Crippen LogP contribution >= 0.6 is 34.9 Å². The minimum atomic E-state index is -0.0189. The van der Waals surface area contributed by atoms with Crippen molar-refractivity contribution in [3.05, 3.63) is 48.0 Å². The van der Waals surface area contributed by atoms with Crippen LogP contribution in [0.1, 0.15) is 30.9 Å². The molecule has 0 bridgehead atoms. The number of hydrogen-bond acceptors (Lipinski definition) is 6. The van der Waals surface area contributed by atoms with Gasteiger partial charge in [0.15, 0.2) is 8.68 Å². The molecule has 2 aromatic rings. The van der Waals surface area contributed by atoms with Gasteiger partial charge in [0.05, 0.1) is 5.75 Å². The Morgan fingerprint density at radius 2 is 1.92 bits per heavy atom. The van der Waals surface area contributed by atoms with Crippen LogP contribution < -0.4 is 5.32 Å².